The van der Waals surface area contributed by atoms with E-state index in [1.54, 1.807) is 24.5 Å². The lowest BCUT2D eigenvalue weighted by Crippen LogP contribution is -2.44. The molecule has 0 aliphatic carbocycles. The zero-order valence-corrected chi connectivity index (χ0v) is 23.4. The van der Waals surface area contributed by atoms with E-state index in [0.717, 1.165) is 32.7 Å². The summed E-state index contributed by atoms with van der Waals surface area (Å²) in [6.45, 7) is 6.21. The highest BCUT2D eigenvalue weighted by Crippen LogP contribution is 2.44. The third-order valence-corrected chi connectivity index (χ3v) is 7.33. The second-order valence-electron chi connectivity index (χ2n) is 10.0. The van der Waals surface area contributed by atoms with Crippen molar-refractivity contribution in [1.82, 2.24) is 25.5 Å². The first-order chi connectivity index (χ1) is 20.5. The molecule has 1 aromatic carbocycles. The Kier molecular flexibility index (Phi) is 9.52. The predicted octanol–water partition coefficient (Wildman–Crippen LogP) is 2.57. The summed E-state index contributed by atoms with van der Waals surface area (Å²) in [5, 5.41) is 18.8. The van der Waals surface area contributed by atoms with Gasteiger partial charge in [-0.1, -0.05) is 6.07 Å². The molecule has 1 saturated heterocycles. The number of carbonyl (C=O) groups excluding carboxylic acids is 1. The summed E-state index contributed by atoms with van der Waals surface area (Å²) in [6.07, 6.45) is 2.96. The van der Waals surface area contributed by atoms with Crippen LogP contribution in [0.1, 0.15) is 28.4 Å². The average molecular weight is 583 g/mol. The molecule has 1 fully saturated rings. The lowest BCUT2D eigenvalue weighted by atomic mass is 9.93. The van der Waals surface area contributed by atoms with Gasteiger partial charge >= 0.3 is 5.97 Å². The summed E-state index contributed by atoms with van der Waals surface area (Å²) < 4.78 is 31.7. The number of aromatic amines is 1. The monoisotopic (exact) mass is 582 g/mol. The minimum Gasteiger partial charge on any atom is -0.492 e. The molecule has 5 N–H and O–H groups in total. The fraction of sp³-hybridized carbons (Fsp3) is 0.414. The molecule has 0 radical (unpaired) electrons. The van der Waals surface area contributed by atoms with Crippen LogP contribution < -0.4 is 25.4 Å². The zero-order valence-electron chi connectivity index (χ0n) is 23.4. The zero-order chi connectivity index (χ0) is 29.5. The summed E-state index contributed by atoms with van der Waals surface area (Å²) in [7, 11) is 1.35. The highest BCUT2D eigenvalue weighted by atomic mass is 19.1. The Hall–Kier alpha value is -4.20. The van der Waals surface area contributed by atoms with Gasteiger partial charge in [0.1, 0.15) is 12.4 Å². The van der Waals surface area contributed by atoms with Gasteiger partial charge in [0, 0.05) is 62.6 Å². The number of carboxylic acid groups (broad SMARTS) is 1. The fourth-order valence-corrected chi connectivity index (χ4v) is 5.27. The van der Waals surface area contributed by atoms with Gasteiger partial charge in [-0.05, 0) is 18.2 Å². The standard InChI is InChI=1S/C29H35FN6O6/c1-40-28-20(30)3-2-4-21(28)34-27-24-25(18(15-23(37)38)16-33-29(24)39)35-26(27)19-5-6-32-17-22(19)42-14-13-41-12-11-36-9-7-31-8-10-36/h2-6,17-18,31,34-35H,7-16H2,1H3,(H,33,39)(H,37,38). The molecule has 5 rings (SSSR count). The van der Waals surface area contributed by atoms with Crippen molar-refractivity contribution >= 4 is 23.3 Å². The number of methoxy groups -OCH3 is 1. The topological polar surface area (TPSA) is 150 Å². The Bertz CT molecular complexity index is 1410. The number of amides is 1. The van der Waals surface area contributed by atoms with E-state index in [0.29, 0.717) is 47.3 Å². The van der Waals surface area contributed by atoms with E-state index in [1.165, 1.54) is 19.2 Å². The van der Waals surface area contributed by atoms with E-state index >= 15 is 0 Å². The van der Waals surface area contributed by atoms with Crippen LogP contribution in [0.25, 0.3) is 11.3 Å². The van der Waals surface area contributed by atoms with Crippen molar-refractivity contribution in [2.75, 3.05) is 71.5 Å². The Morgan fingerprint density at radius 1 is 1.21 bits per heavy atom. The largest absolute Gasteiger partial charge is 0.492 e. The van der Waals surface area contributed by atoms with E-state index in [2.05, 4.69) is 30.8 Å². The van der Waals surface area contributed by atoms with E-state index in [-0.39, 0.29) is 36.8 Å². The molecule has 1 atom stereocenters. The molecule has 4 heterocycles. The molecule has 2 aliphatic rings. The second-order valence-corrected chi connectivity index (χ2v) is 10.0. The second kappa shape index (κ2) is 13.6. The number of pyridine rings is 1. The Morgan fingerprint density at radius 2 is 2.05 bits per heavy atom. The van der Waals surface area contributed by atoms with E-state index in [1.807, 2.05) is 0 Å². The number of fused-ring (bicyclic) bond motifs is 1. The first-order valence-electron chi connectivity index (χ1n) is 13.9. The highest BCUT2D eigenvalue weighted by Gasteiger charge is 2.34. The van der Waals surface area contributed by atoms with Crippen LogP contribution in [0.2, 0.25) is 0 Å². The number of piperazine rings is 1. The van der Waals surface area contributed by atoms with E-state index < -0.39 is 17.7 Å². The van der Waals surface area contributed by atoms with Gasteiger partial charge in [0.2, 0.25) is 0 Å². The molecule has 2 aliphatic heterocycles. The number of nitrogens with one attached hydrogen (secondary N) is 4. The average Bonchev–Trinajstić information content (AvgIpc) is 3.37. The summed E-state index contributed by atoms with van der Waals surface area (Å²) in [5.41, 5.74) is 2.39. The normalized spacial score (nSPS) is 16.9. The van der Waals surface area contributed by atoms with Gasteiger partial charge in [-0.3, -0.25) is 19.5 Å². The predicted molar refractivity (Wildman–Crippen MR) is 153 cm³/mol. The number of aromatic nitrogens is 2. The minimum atomic E-state index is -0.996. The molecule has 13 heteroatoms. The molecule has 224 valence electrons. The molecule has 1 amide bonds. The van der Waals surface area contributed by atoms with Gasteiger partial charge < -0.3 is 40.3 Å². The van der Waals surface area contributed by atoms with Crippen LogP contribution in [-0.2, 0) is 9.53 Å². The molecule has 0 spiro atoms. The molecule has 42 heavy (non-hydrogen) atoms. The smallest absolute Gasteiger partial charge is 0.304 e. The summed E-state index contributed by atoms with van der Waals surface area (Å²) in [6, 6.07) is 6.15. The van der Waals surface area contributed by atoms with E-state index in [4.69, 9.17) is 14.2 Å². The number of anilines is 2. The number of hydrogen-bond acceptors (Lipinski definition) is 9. The molecule has 12 nitrogen and oxygen atoms in total. The van der Waals surface area contributed by atoms with Gasteiger partial charge in [-0.2, -0.15) is 0 Å². The number of benzene rings is 1. The number of carboxylic acids is 1. The lowest BCUT2D eigenvalue weighted by molar-refractivity contribution is -0.137. The number of nitrogens with zero attached hydrogens (tertiary/aromatic N) is 2. The quantitative estimate of drug-likeness (QED) is 0.190. The maximum Gasteiger partial charge on any atom is 0.304 e. The van der Waals surface area contributed by atoms with Crippen molar-refractivity contribution < 1.29 is 33.3 Å². The first kappa shape index (κ1) is 29.3. The number of H-pyrrole nitrogens is 1. The van der Waals surface area contributed by atoms with Crippen LogP contribution in [0.15, 0.2) is 36.7 Å². The summed E-state index contributed by atoms with van der Waals surface area (Å²) in [4.78, 5) is 34.7. The van der Waals surface area contributed by atoms with E-state index in [9.17, 15) is 19.1 Å². The number of rotatable bonds is 13. The first-order valence-corrected chi connectivity index (χ1v) is 13.9. The van der Waals surface area contributed by atoms with Crippen LogP contribution in [0, 0.1) is 5.82 Å². The number of aliphatic carboxylic acids is 1. The lowest BCUT2D eigenvalue weighted by Gasteiger charge is -2.26. The van der Waals surface area contributed by atoms with Crippen LogP contribution in [0.3, 0.4) is 0 Å². The van der Waals surface area contributed by atoms with Gasteiger partial charge in [0.25, 0.3) is 5.91 Å². The van der Waals surface area contributed by atoms with Gasteiger partial charge in [-0.15, -0.1) is 0 Å². The van der Waals surface area contributed by atoms with Gasteiger partial charge in [0.15, 0.2) is 11.6 Å². The van der Waals surface area contributed by atoms with Crippen LogP contribution in [0.4, 0.5) is 15.8 Å². The van der Waals surface area contributed by atoms with Crippen LogP contribution in [-0.4, -0.2) is 98.0 Å². The Balaban J connectivity index is 1.42. The van der Waals surface area contributed by atoms with Crippen LogP contribution >= 0.6 is 0 Å². The highest BCUT2D eigenvalue weighted by molar-refractivity contribution is 6.07. The van der Waals surface area contributed by atoms with Crippen molar-refractivity contribution in [3.8, 4) is 22.8 Å². The third-order valence-electron chi connectivity index (χ3n) is 7.33. The molecule has 0 bridgehead atoms. The number of para-hydroxylation sites is 1. The van der Waals surface area contributed by atoms with Crippen LogP contribution in [0.5, 0.6) is 11.5 Å². The molecular weight excluding hydrogens is 547 g/mol. The van der Waals surface area contributed by atoms with Gasteiger partial charge in [0.05, 0.1) is 55.6 Å². The molecule has 2 aromatic heterocycles. The maximum atomic E-state index is 14.6. The van der Waals surface area contributed by atoms with Crippen molar-refractivity contribution in [2.45, 2.75) is 12.3 Å². The number of carbonyl (C=O) groups is 2. The molecule has 0 saturated carbocycles. The minimum absolute atomic E-state index is 0.0270. The Labute approximate surface area is 242 Å². The van der Waals surface area contributed by atoms with Crippen molar-refractivity contribution in [3.63, 3.8) is 0 Å². The molecule has 3 aromatic rings. The molecular formula is C29H35FN6O6. The summed E-state index contributed by atoms with van der Waals surface area (Å²) in [5.74, 6) is -2.06. The number of ether oxygens (including phenoxy) is 3. The third kappa shape index (κ3) is 6.64. The van der Waals surface area contributed by atoms with Crippen molar-refractivity contribution in [3.05, 3.63) is 53.7 Å². The number of hydrogen-bond donors (Lipinski definition) is 5. The van der Waals surface area contributed by atoms with Crippen molar-refractivity contribution in [2.24, 2.45) is 0 Å². The Morgan fingerprint density at radius 3 is 2.83 bits per heavy atom. The number of halogens is 1. The molecule has 1 unspecified atom stereocenters. The van der Waals surface area contributed by atoms with Gasteiger partial charge in [-0.25, -0.2) is 4.39 Å². The summed E-state index contributed by atoms with van der Waals surface area (Å²) >= 11 is 0. The maximum absolute atomic E-state index is 14.6. The van der Waals surface area contributed by atoms with Crippen molar-refractivity contribution in [1.29, 1.82) is 0 Å². The fourth-order valence-electron chi connectivity index (χ4n) is 5.27. The SMILES string of the molecule is COc1c(F)cccc1Nc1c(-c2ccncc2OCCOCCN2CCNCC2)[nH]c2c1C(=O)NCC2CC(=O)O.